The molecule has 0 fully saturated rings. The normalized spacial score (nSPS) is 11.9. The van der Waals surface area contributed by atoms with E-state index < -0.39 is 0 Å². The minimum atomic E-state index is -0.130. The lowest BCUT2D eigenvalue weighted by Gasteiger charge is -2.14. The highest BCUT2D eigenvalue weighted by Gasteiger charge is 2.14. The van der Waals surface area contributed by atoms with Crippen LogP contribution < -0.4 is 9.47 Å². The number of fused-ring (bicyclic) bond motifs is 4. The lowest BCUT2D eigenvalue weighted by molar-refractivity contribution is 0.237. The van der Waals surface area contributed by atoms with Gasteiger partial charge in [0.25, 0.3) is 0 Å². The zero-order chi connectivity index (χ0) is 33.0. The monoisotopic (exact) mass is 611 g/mol. The van der Waals surface area contributed by atoms with Gasteiger partial charge in [0.1, 0.15) is 11.5 Å². The van der Waals surface area contributed by atoms with E-state index >= 15 is 0 Å². The Labute approximate surface area is 276 Å². The van der Waals surface area contributed by atoms with E-state index in [2.05, 4.69) is 90.4 Å². The topological polar surface area (TPSA) is 38.7 Å². The summed E-state index contributed by atoms with van der Waals surface area (Å²) in [7, 11) is 3.35. The first-order valence-corrected chi connectivity index (χ1v) is 15.6. The Morgan fingerprint density at radius 2 is 1.11 bits per heavy atom. The average Bonchev–Trinajstić information content (AvgIpc) is 3.14. The Morgan fingerprint density at radius 1 is 0.574 bits per heavy atom. The van der Waals surface area contributed by atoms with Gasteiger partial charge >= 0.3 is 0 Å². The van der Waals surface area contributed by atoms with Crippen LogP contribution in [0, 0.1) is 29.6 Å². The molecule has 0 amide bonds. The van der Waals surface area contributed by atoms with Crippen molar-refractivity contribution in [3.8, 4) is 35.2 Å². The van der Waals surface area contributed by atoms with Crippen molar-refractivity contribution in [1.29, 1.82) is 0 Å². The fraction of sp³-hybridized carbons (Fsp3) is 0.136. The molecule has 0 heterocycles. The maximum atomic E-state index is 9.88. The second kappa shape index (κ2) is 12.9. The molecule has 0 spiro atoms. The van der Waals surface area contributed by atoms with E-state index in [0.29, 0.717) is 6.42 Å². The molecule has 0 saturated heterocycles. The molecule has 7 aromatic rings. The molecule has 7 aromatic carbocycles. The summed E-state index contributed by atoms with van der Waals surface area (Å²) < 4.78 is 18.8. The minimum Gasteiger partial charge on any atom is -0.497 e. The van der Waals surface area contributed by atoms with Crippen molar-refractivity contribution >= 4 is 43.1 Å². The zero-order valence-corrected chi connectivity index (χ0v) is 26.4. The molecule has 47 heavy (non-hydrogen) atoms. The summed E-state index contributed by atoms with van der Waals surface area (Å²) in [4.78, 5) is 0. The van der Waals surface area contributed by atoms with Gasteiger partial charge in [0.05, 0.1) is 14.2 Å². The van der Waals surface area contributed by atoms with Gasteiger partial charge in [-0.2, -0.15) is 0 Å². The molecule has 0 radical (unpaired) electrons. The Bertz CT molecular complexity index is 2450. The molecule has 7 rings (SSSR count). The van der Waals surface area contributed by atoms with E-state index in [1.165, 1.54) is 0 Å². The van der Waals surface area contributed by atoms with Crippen LogP contribution >= 0.6 is 0 Å². The highest BCUT2D eigenvalue weighted by molar-refractivity contribution is 6.10. The zero-order valence-electron chi connectivity index (χ0n) is 27.4. The molecule has 0 aliphatic heterocycles. The molecular weight excluding hydrogens is 576 g/mol. The summed E-state index contributed by atoms with van der Waals surface area (Å²) in [6.45, 7) is 0.143. The molecule has 0 aliphatic rings. The highest BCUT2D eigenvalue weighted by atomic mass is 16.5. The van der Waals surface area contributed by atoms with Crippen LogP contribution in [-0.4, -0.2) is 25.9 Å². The smallest absolute Gasteiger partial charge is 0.119 e. The summed E-state index contributed by atoms with van der Waals surface area (Å²) >= 11 is 0. The van der Waals surface area contributed by atoms with Crippen molar-refractivity contribution in [3.63, 3.8) is 0 Å². The third kappa shape index (κ3) is 5.86. The summed E-state index contributed by atoms with van der Waals surface area (Å²) in [5.41, 5.74) is 4.82. The molecule has 0 bridgehead atoms. The molecule has 1 atom stereocenters. The number of hydrogen-bond acceptors (Lipinski definition) is 3. The van der Waals surface area contributed by atoms with E-state index in [0.717, 1.165) is 82.4 Å². The quantitative estimate of drug-likeness (QED) is 0.156. The lowest BCUT2D eigenvalue weighted by Crippen LogP contribution is -2.04. The largest absolute Gasteiger partial charge is 0.497 e. The van der Waals surface area contributed by atoms with Crippen molar-refractivity contribution in [2.24, 2.45) is 5.92 Å². The van der Waals surface area contributed by atoms with Crippen LogP contribution in [0.2, 0.25) is 0 Å². The summed E-state index contributed by atoms with van der Waals surface area (Å²) in [6, 6.07) is 39.2. The summed E-state index contributed by atoms with van der Waals surface area (Å²) in [5.74, 6) is 15.7. The number of rotatable bonds is 5. The maximum Gasteiger partial charge on any atom is 0.119 e. The first-order chi connectivity index (χ1) is 23.6. The van der Waals surface area contributed by atoms with Crippen LogP contribution in [-0.2, 0) is 6.42 Å². The number of aliphatic hydroxyl groups excluding tert-OH is 1. The van der Waals surface area contributed by atoms with Gasteiger partial charge in [-0.25, -0.2) is 0 Å². The Morgan fingerprint density at radius 3 is 1.64 bits per heavy atom. The lowest BCUT2D eigenvalue weighted by atomic mass is 9.89. The third-order valence-electron chi connectivity index (χ3n) is 8.69. The average molecular weight is 612 g/mol. The van der Waals surface area contributed by atoms with Gasteiger partial charge in [-0.1, -0.05) is 91.2 Å². The van der Waals surface area contributed by atoms with Crippen LogP contribution in [0.3, 0.4) is 0 Å². The fourth-order valence-corrected chi connectivity index (χ4v) is 6.27. The van der Waals surface area contributed by atoms with Gasteiger partial charge in [-0.15, -0.1) is 0 Å². The molecule has 1 unspecified atom stereocenters. The van der Waals surface area contributed by atoms with E-state index in [1.807, 2.05) is 48.5 Å². The van der Waals surface area contributed by atoms with Crippen molar-refractivity contribution in [3.05, 3.63) is 143 Å². The van der Waals surface area contributed by atoms with Gasteiger partial charge < -0.3 is 14.6 Å². The van der Waals surface area contributed by atoms with Crippen LogP contribution in [0.1, 0.15) is 36.1 Å². The van der Waals surface area contributed by atoms with Crippen LogP contribution in [0.5, 0.6) is 11.5 Å². The molecule has 228 valence electrons. The van der Waals surface area contributed by atoms with Gasteiger partial charge in [0, 0.05) is 30.2 Å². The molecule has 0 saturated carbocycles. The predicted molar refractivity (Wildman–Crippen MR) is 194 cm³/mol. The van der Waals surface area contributed by atoms with Gasteiger partial charge in [-0.05, 0) is 116 Å². The number of ether oxygens (including phenoxy) is 2. The SMILES string of the molecule is [2H]CC(CO)Cc1ccc2c(C#Cc3cccc4cc(OC)ccc34)c3ccccc3c(C#Cc3cccc4cc(OC)ccc34)c2c1. The predicted octanol–water partition coefficient (Wildman–Crippen LogP) is 9.29. The van der Waals surface area contributed by atoms with E-state index in [-0.39, 0.29) is 19.4 Å². The van der Waals surface area contributed by atoms with Crippen molar-refractivity contribution < 1.29 is 16.0 Å². The van der Waals surface area contributed by atoms with Crippen LogP contribution in [0.4, 0.5) is 0 Å². The number of benzene rings is 7. The minimum absolute atomic E-state index is 0.0224. The molecule has 0 aliphatic carbocycles. The molecule has 3 nitrogen and oxygen atoms in total. The first kappa shape index (κ1) is 28.7. The van der Waals surface area contributed by atoms with Crippen molar-refractivity contribution in [1.82, 2.24) is 0 Å². The van der Waals surface area contributed by atoms with Crippen molar-refractivity contribution in [2.75, 3.05) is 20.8 Å². The first-order valence-electron chi connectivity index (χ1n) is 16.4. The number of aliphatic hydroxyl groups is 1. The summed E-state index contributed by atoms with van der Waals surface area (Å²) in [6.07, 6.45) is 0.612. The summed E-state index contributed by atoms with van der Waals surface area (Å²) in [5, 5.41) is 18.3. The second-order valence-electron chi connectivity index (χ2n) is 11.7. The molecular formula is C44H34O3. The van der Waals surface area contributed by atoms with Gasteiger partial charge in [0.2, 0.25) is 0 Å². The maximum absolute atomic E-state index is 9.88. The third-order valence-corrected chi connectivity index (χ3v) is 8.69. The Balaban J connectivity index is 1.46. The molecule has 3 heteroatoms. The second-order valence-corrected chi connectivity index (χ2v) is 11.7. The molecule has 0 aromatic heterocycles. The van der Waals surface area contributed by atoms with Crippen molar-refractivity contribution in [2.45, 2.75) is 13.3 Å². The van der Waals surface area contributed by atoms with E-state index in [1.54, 1.807) is 14.2 Å². The highest BCUT2D eigenvalue weighted by Crippen LogP contribution is 2.34. The number of hydrogen-bond donors (Lipinski definition) is 1. The Hall–Kier alpha value is -5.74. The van der Waals surface area contributed by atoms with E-state index in [4.69, 9.17) is 10.8 Å². The number of methoxy groups -OCH3 is 2. The standard InChI is InChI=1S/C44H34O3/c1-29(28-45)24-30-14-19-42-41(20-15-31-8-6-10-33-26-35(46-2)17-22-37(31)33)39-12-4-5-13-40(39)43(44(42)25-30)21-16-32-9-7-11-34-27-36(47-3)18-23-38(32)34/h4-14,17-19,22-23,25-27,29,45H,24,28H2,1-3H3/i1D. The molecule has 1 N–H and O–H groups in total. The van der Waals surface area contributed by atoms with Crippen LogP contribution in [0.25, 0.3) is 43.1 Å². The van der Waals surface area contributed by atoms with Crippen LogP contribution in [0.15, 0.2) is 115 Å². The fourth-order valence-electron chi connectivity index (χ4n) is 6.27. The van der Waals surface area contributed by atoms with Gasteiger partial charge in [-0.3, -0.25) is 0 Å². The van der Waals surface area contributed by atoms with E-state index in [9.17, 15) is 5.11 Å². The van der Waals surface area contributed by atoms with Gasteiger partial charge in [0.15, 0.2) is 0 Å². The Kier molecular flexibility index (Phi) is 7.90.